The Morgan fingerprint density at radius 3 is 2.57 bits per heavy atom. The quantitative estimate of drug-likeness (QED) is 0.873. The number of hydrogen-bond donors (Lipinski definition) is 2. The largest absolute Gasteiger partial charge is 0.327 e. The van der Waals surface area contributed by atoms with Crippen LogP contribution in [0.4, 0.5) is 0 Å². The number of nitrogens with one attached hydrogen (secondary N) is 1. The molecule has 3 aliphatic carbocycles. The monoisotopic (exact) mass is 338 g/mol. The zero-order valence-corrected chi connectivity index (χ0v) is 14.5. The third-order valence-corrected chi connectivity index (χ3v) is 7.85. The van der Waals surface area contributed by atoms with Gasteiger partial charge in [0.15, 0.2) is 0 Å². The number of nitrogens with two attached hydrogens (primary N) is 1. The van der Waals surface area contributed by atoms with Crippen LogP contribution in [0, 0.1) is 5.41 Å². The van der Waals surface area contributed by atoms with Crippen molar-refractivity contribution in [2.24, 2.45) is 18.2 Å². The van der Waals surface area contributed by atoms with E-state index >= 15 is 0 Å². The molecule has 0 amide bonds. The Kier molecular flexibility index (Phi) is 3.59. The summed E-state index contributed by atoms with van der Waals surface area (Å²) in [7, 11) is -1.73. The van der Waals surface area contributed by atoms with Crippen LogP contribution in [0.5, 0.6) is 0 Å². The van der Waals surface area contributed by atoms with Crippen LogP contribution >= 0.6 is 0 Å². The third-order valence-electron chi connectivity index (χ3n) is 6.36. The maximum absolute atomic E-state index is 13.0. The van der Waals surface area contributed by atoms with Crippen molar-refractivity contribution in [1.82, 2.24) is 14.5 Å². The molecule has 6 nitrogen and oxygen atoms in total. The summed E-state index contributed by atoms with van der Waals surface area (Å²) in [6.07, 6.45) is 10.1. The second-order valence-electron chi connectivity index (χ2n) is 7.64. The van der Waals surface area contributed by atoms with Gasteiger partial charge in [0.25, 0.3) is 0 Å². The van der Waals surface area contributed by atoms with Gasteiger partial charge >= 0.3 is 0 Å². The highest BCUT2D eigenvalue weighted by Crippen LogP contribution is 2.55. The molecule has 2 atom stereocenters. The van der Waals surface area contributed by atoms with Crippen LogP contribution in [0.3, 0.4) is 0 Å². The lowest BCUT2D eigenvalue weighted by Gasteiger charge is -2.60. The Hall–Kier alpha value is -0.920. The van der Waals surface area contributed by atoms with Gasteiger partial charge in [0.1, 0.15) is 4.90 Å². The molecule has 3 fully saturated rings. The number of nitrogens with zero attached hydrogens (tertiary/aromatic N) is 2. The van der Waals surface area contributed by atoms with Crippen molar-refractivity contribution in [3.63, 3.8) is 0 Å². The van der Waals surface area contributed by atoms with Gasteiger partial charge in [-0.25, -0.2) is 13.1 Å². The lowest BCUT2D eigenvalue weighted by molar-refractivity contribution is -0.0321. The second-order valence-corrected chi connectivity index (χ2v) is 9.32. The summed E-state index contributed by atoms with van der Waals surface area (Å²) in [6, 6.07) is 0.139. The smallest absolute Gasteiger partial charge is 0.244 e. The van der Waals surface area contributed by atoms with Crippen molar-refractivity contribution in [1.29, 1.82) is 0 Å². The minimum Gasteiger partial charge on any atom is -0.327 e. The van der Waals surface area contributed by atoms with E-state index in [2.05, 4.69) is 9.82 Å². The zero-order valence-electron chi connectivity index (χ0n) is 13.7. The Labute approximate surface area is 137 Å². The van der Waals surface area contributed by atoms with E-state index in [1.165, 1.54) is 0 Å². The molecule has 0 aliphatic heterocycles. The maximum atomic E-state index is 13.0. The van der Waals surface area contributed by atoms with E-state index < -0.39 is 10.0 Å². The molecular weight excluding hydrogens is 312 g/mol. The summed E-state index contributed by atoms with van der Waals surface area (Å²) in [5.41, 5.74) is 6.92. The molecule has 0 radical (unpaired) electrons. The van der Waals surface area contributed by atoms with Gasteiger partial charge in [0.2, 0.25) is 10.0 Å². The molecule has 2 unspecified atom stereocenters. The van der Waals surface area contributed by atoms with Gasteiger partial charge in [0, 0.05) is 36.7 Å². The van der Waals surface area contributed by atoms with E-state index in [1.807, 2.05) is 0 Å². The van der Waals surface area contributed by atoms with Crippen LogP contribution < -0.4 is 10.5 Å². The zero-order chi connectivity index (χ0) is 16.2. The number of aromatic nitrogens is 2. The Morgan fingerprint density at radius 2 is 2.00 bits per heavy atom. The second kappa shape index (κ2) is 5.29. The minimum absolute atomic E-state index is 0.00659. The van der Waals surface area contributed by atoms with Crippen molar-refractivity contribution in [2.75, 3.05) is 0 Å². The lowest BCUT2D eigenvalue weighted by Crippen LogP contribution is -2.69. The summed E-state index contributed by atoms with van der Waals surface area (Å²) in [5, 5.41) is 4.47. The highest BCUT2D eigenvalue weighted by molar-refractivity contribution is 7.89. The molecule has 3 aliphatic rings. The maximum Gasteiger partial charge on any atom is 0.244 e. The van der Waals surface area contributed by atoms with Gasteiger partial charge < -0.3 is 5.73 Å². The standard InChI is InChI=1S/C16H26N4O2S/c1-20-10-12(15(18-20)11-5-2-3-6-11)23(21,22)19-14-9-13(17)16(14)7-4-8-16/h10-11,13-14,19H,2-9,17H2,1H3. The van der Waals surface area contributed by atoms with E-state index in [9.17, 15) is 8.42 Å². The van der Waals surface area contributed by atoms with Gasteiger partial charge in [0.05, 0.1) is 5.69 Å². The topological polar surface area (TPSA) is 90.0 Å². The van der Waals surface area contributed by atoms with Crippen LogP contribution in [-0.2, 0) is 17.1 Å². The Morgan fingerprint density at radius 1 is 1.30 bits per heavy atom. The van der Waals surface area contributed by atoms with Gasteiger partial charge in [-0.05, 0) is 32.1 Å². The van der Waals surface area contributed by atoms with Gasteiger partial charge in [-0.15, -0.1) is 0 Å². The van der Waals surface area contributed by atoms with Crippen molar-refractivity contribution in [3.05, 3.63) is 11.9 Å². The van der Waals surface area contributed by atoms with Crippen LogP contribution in [0.2, 0.25) is 0 Å². The van der Waals surface area contributed by atoms with E-state index in [4.69, 9.17) is 5.73 Å². The molecular formula is C16H26N4O2S. The SMILES string of the molecule is Cn1cc(S(=O)(=O)NC2CC(N)C23CCC3)c(C2CCCC2)n1. The molecule has 4 rings (SSSR count). The Balaban J connectivity index is 1.59. The van der Waals surface area contributed by atoms with Crippen LogP contribution in [-0.4, -0.2) is 30.3 Å². The first kappa shape index (κ1) is 15.6. The van der Waals surface area contributed by atoms with Crippen LogP contribution in [0.15, 0.2) is 11.1 Å². The van der Waals surface area contributed by atoms with E-state index in [-0.39, 0.29) is 23.4 Å². The average Bonchev–Trinajstić information content (AvgIpc) is 3.04. The molecule has 1 heterocycles. The first-order valence-corrected chi connectivity index (χ1v) is 10.2. The van der Waals surface area contributed by atoms with Gasteiger partial charge in [-0.1, -0.05) is 19.3 Å². The summed E-state index contributed by atoms with van der Waals surface area (Å²) in [5.74, 6) is 0.282. The highest BCUT2D eigenvalue weighted by atomic mass is 32.2. The van der Waals surface area contributed by atoms with Crippen LogP contribution in [0.25, 0.3) is 0 Å². The fraction of sp³-hybridized carbons (Fsp3) is 0.812. The predicted molar refractivity (Wildman–Crippen MR) is 87.4 cm³/mol. The van der Waals surface area contributed by atoms with Crippen molar-refractivity contribution in [2.45, 2.75) is 74.3 Å². The molecule has 3 N–H and O–H groups in total. The molecule has 128 valence electrons. The average molecular weight is 338 g/mol. The molecule has 23 heavy (non-hydrogen) atoms. The van der Waals surface area contributed by atoms with E-state index in [1.54, 1.807) is 17.9 Å². The Bertz CT molecular complexity index is 702. The molecule has 1 aromatic rings. The third kappa shape index (κ3) is 2.36. The minimum atomic E-state index is -3.53. The van der Waals surface area contributed by atoms with Gasteiger partial charge in [-0.2, -0.15) is 5.10 Å². The first-order chi connectivity index (χ1) is 10.9. The molecule has 1 spiro atoms. The van der Waals surface area contributed by atoms with E-state index in [0.717, 1.165) is 57.1 Å². The van der Waals surface area contributed by atoms with Crippen molar-refractivity contribution < 1.29 is 8.42 Å². The molecule has 7 heteroatoms. The number of hydrogen-bond acceptors (Lipinski definition) is 4. The normalized spacial score (nSPS) is 30.3. The predicted octanol–water partition coefficient (Wildman–Crippen LogP) is 1.63. The number of rotatable bonds is 4. The molecule has 3 saturated carbocycles. The highest BCUT2D eigenvalue weighted by Gasteiger charge is 2.57. The van der Waals surface area contributed by atoms with E-state index in [0.29, 0.717) is 4.90 Å². The molecule has 0 aromatic carbocycles. The lowest BCUT2D eigenvalue weighted by atomic mass is 9.50. The van der Waals surface area contributed by atoms with Crippen LogP contribution in [0.1, 0.15) is 63.0 Å². The van der Waals surface area contributed by atoms with Gasteiger partial charge in [-0.3, -0.25) is 4.68 Å². The summed E-state index contributed by atoms with van der Waals surface area (Å²) < 4.78 is 30.5. The fourth-order valence-electron chi connectivity index (χ4n) is 4.71. The van der Waals surface area contributed by atoms with Crippen molar-refractivity contribution >= 4 is 10.0 Å². The summed E-state index contributed by atoms with van der Waals surface area (Å²) in [6.45, 7) is 0. The number of aryl methyl sites for hydroxylation is 1. The first-order valence-electron chi connectivity index (χ1n) is 8.74. The molecule has 1 aromatic heterocycles. The molecule has 0 saturated heterocycles. The summed E-state index contributed by atoms with van der Waals surface area (Å²) in [4.78, 5) is 0.377. The summed E-state index contributed by atoms with van der Waals surface area (Å²) >= 11 is 0. The fourth-order valence-corrected chi connectivity index (χ4v) is 6.32. The van der Waals surface area contributed by atoms with Crippen molar-refractivity contribution in [3.8, 4) is 0 Å². The molecule has 0 bridgehead atoms. The number of sulfonamides is 1.